The summed E-state index contributed by atoms with van der Waals surface area (Å²) < 4.78 is 0.930. The maximum absolute atomic E-state index is 11.3. The van der Waals surface area contributed by atoms with E-state index < -0.39 is 5.97 Å². The highest BCUT2D eigenvalue weighted by Gasteiger charge is 2.38. The van der Waals surface area contributed by atoms with Gasteiger partial charge in [0.25, 0.3) is 0 Å². The van der Waals surface area contributed by atoms with Gasteiger partial charge in [0.2, 0.25) is 5.91 Å². The number of carboxylic acids is 1. The minimum atomic E-state index is -0.979. The zero-order valence-electron chi connectivity index (χ0n) is 8.39. The van der Waals surface area contributed by atoms with E-state index in [1.807, 2.05) is 24.3 Å². The largest absolute Gasteiger partial charge is 0.480 e. The third kappa shape index (κ3) is 2.09. The van der Waals surface area contributed by atoms with Crippen molar-refractivity contribution < 1.29 is 14.7 Å². The number of β-lactam (4-membered cyclic amide) rings is 1. The lowest BCUT2D eigenvalue weighted by atomic mass is 9.94. The van der Waals surface area contributed by atoms with Gasteiger partial charge in [0, 0.05) is 4.47 Å². The number of nitrogens with zero attached hydrogens (tertiary/aromatic N) is 1. The molecule has 1 amide bonds. The molecular weight excluding hydrogens is 274 g/mol. The van der Waals surface area contributed by atoms with Crippen LogP contribution in [0.25, 0.3) is 0 Å². The summed E-state index contributed by atoms with van der Waals surface area (Å²) in [6.07, 6.45) is 0.393. The van der Waals surface area contributed by atoms with Crippen LogP contribution in [-0.4, -0.2) is 28.4 Å². The van der Waals surface area contributed by atoms with Crippen LogP contribution in [0.5, 0.6) is 0 Å². The van der Waals surface area contributed by atoms with Crippen molar-refractivity contribution in [1.29, 1.82) is 0 Å². The fourth-order valence-corrected chi connectivity index (χ4v) is 2.23. The molecule has 1 fully saturated rings. The molecule has 1 aliphatic heterocycles. The Hall–Kier alpha value is -1.36. The number of benzene rings is 1. The van der Waals surface area contributed by atoms with Crippen molar-refractivity contribution in [2.75, 3.05) is 6.54 Å². The Labute approximate surface area is 101 Å². The zero-order chi connectivity index (χ0) is 11.7. The molecule has 0 aromatic heterocycles. The van der Waals surface area contributed by atoms with Crippen molar-refractivity contribution in [3.63, 3.8) is 0 Å². The van der Waals surface area contributed by atoms with Crippen LogP contribution in [0.15, 0.2) is 28.7 Å². The highest BCUT2D eigenvalue weighted by Crippen LogP contribution is 2.34. The van der Waals surface area contributed by atoms with Crippen LogP contribution in [-0.2, 0) is 9.59 Å². The first-order valence-corrected chi connectivity index (χ1v) is 5.64. The minimum absolute atomic E-state index is 0.0962. The number of carboxylic acid groups (broad SMARTS) is 1. The summed E-state index contributed by atoms with van der Waals surface area (Å²) >= 11 is 3.35. The molecule has 1 aromatic carbocycles. The summed E-state index contributed by atoms with van der Waals surface area (Å²) in [5, 5.41) is 8.68. The van der Waals surface area contributed by atoms with Crippen LogP contribution < -0.4 is 0 Å². The lowest BCUT2D eigenvalue weighted by molar-refractivity contribution is -0.155. The van der Waals surface area contributed by atoms with Crippen LogP contribution in [0.1, 0.15) is 18.0 Å². The van der Waals surface area contributed by atoms with E-state index in [2.05, 4.69) is 15.9 Å². The van der Waals surface area contributed by atoms with Crippen LogP contribution in [0.2, 0.25) is 0 Å². The molecule has 0 bridgehead atoms. The Morgan fingerprint density at radius 2 is 2.31 bits per heavy atom. The van der Waals surface area contributed by atoms with Crippen LogP contribution in [0.4, 0.5) is 0 Å². The molecule has 0 spiro atoms. The maximum atomic E-state index is 11.3. The van der Waals surface area contributed by atoms with Gasteiger partial charge in [0.05, 0.1) is 12.5 Å². The second kappa shape index (κ2) is 4.25. The first kappa shape index (κ1) is 11.1. The molecule has 5 heteroatoms. The van der Waals surface area contributed by atoms with Gasteiger partial charge >= 0.3 is 5.97 Å². The molecule has 1 heterocycles. The topological polar surface area (TPSA) is 57.6 Å². The van der Waals surface area contributed by atoms with Crippen molar-refractivity contribution in [1.82, 2.24) is 4.90 Å². The van der Waals surface area contributed by atoms with Crippen molar-refractivity contribution in [2.45, 2.75) is 12.5 Å². The zero-order valence-corrected chi connectivity index (χ0v) is 9.98. The van der Waals surface area contributed by atoms with E-state index in [4.69, 9.17) is 5.11 Å². The highest BCUT2D eigenvalue weighted by molar-refractivity contribution is 9.10. The number of hydrogen-bond acceptors (Lipinski definition) is 2. The molecule has 1 atom stereocenters. The quantitative estimate of drug-likeness (QED) is 0.861. The molecule has 0 radical (unpaired) electrons. The van der Waals surface area contributed by atoms with E-state index in [0.29, 0.717) is 6.42 Å². The van der Waals surface area contributed by atoms with Crippen molar-refractivity contribution in [2.24, 2.45) is 0 Å². The van der Waals surface area contributed by atoms with Crippen molar-refractivity contribution in [3.8, 4) is 0 Å². The van der Waals surface area contributed by atoms with Crippen LogP contribution in [0, 0.1) is 0 Å². The number of halogens is 1. The molecule has 1 unspecified atom stereocenters. The first-order valence-electron chi connectivity index (χ1n) is 4.84. The van der Waals surface area contributed by atoms with Gasteiger partial charge in [-0.3, -0.25) is 9.59 Å². The van der Waals surface area contributed by atoms with Gasteiger partial charge in [-0.1, -0.05) is 28.1 Å². The number of likely N-dealkylation sites (tertiary alicyclic amines) is 1. The average molecular weight is 284 g/mol. The fraction of sp³-hybridized carbons (Fsp3) is 0.273. The molecule has 0 aliphatic carbocycles. The molecule has 16 heavy (non-hydrogen) atoms. The Kier molecular flexibility index (Phi) is 2.96. The summed E-state index contributed by atoms with van der Waals surface area (Å²) in [6.45, 7) is -0.226. The normalized spacial score (nSPS) is 19.4. The monoisotopic (exact) mass is 283 g/mol. The predicted molar refractivity (Wildman–Crippen MR) is 60.8 cm³/mol. The number of hydrogen-bond donors (Lipinski definition) is 1. The first-order chi connectivity index (χ1) is 7.58. The molecule has 4 nitrogen and oxygen atoms in total. The lowest BCUT2D eigenvalue weighted by Crippen LogP contribution is -2.48. The smallest absolute Gasteiger partial charge is 0.323 e. The average Bonchev–Trinajstić information content (AvgIpc) is 2.22. The van der Waals surface area contributed by atoms with E-state index >= 15 is 0 Å². The fourth-order valence-electron chi connectivity index (χ4n) is 1.81. The summed E-state index contributed by atoms with van der Waals surface area (Å²) in [6, 6.07) is 7.48. The van der Waals surface area contributed by atoms with Crippen molar-refractivity contribution >= 4 is 27.8 Å². The van der Waals surface area contributed by atoms with Gasteiger partial charge in [0.15, 0.2) is 0 Å². The SMILES string of the molecule is O=C(O)CN1C(=O)CC1c1cccc(Br)c1. The number of amides is 1. The third-order valence-corrected chi connectivity index (χ3v) is 3.10. The second-order valence-corrected chi connectivity index (χ2v) is 4.61. The van der Waals surface area contributed by atoms with Gasteiger partial charge in [-0.2, -0.15) is 0 Å². The van der Waals surface area contributed by atoms with E-state index in [1.54, 1.807) is 0 Å². The van der Waals surface area contributed by atoms with E-state index in [1.165, 1.54) is 4.90 Å². The molecular formula is C11H10BrNO3. The predicted octanol–water partition coefficient (Wildman–Crippen LogP) is 1.81. The van der Waals surface area contributed by atoms with Gasteiger partial charge in [-0.25, -0.2) is 0 Å². The Bertz CT molecular complexity index is 447. The van der Waals surface area contributed by atoms with Crippen LogP contribution in [0.3, 0.4) is 0 Å². The molecule has 1 aliphatic rings. The lowest BCUT2D eigenvalue weighted by Gasteiger charge is -2.39. The summed E-state index contributed by atoms with van der Waals surface area (Å²) in [4.78, 5) is 23.3. The third-order valence-electron chi connectivity index (χ3n) is 2.60. The molecule has 1 saturated heterocycles. The second-order valence-electron chi connectivity index (χ2n) is 3.69. The van der Waals surface area contributed by atoms with Gasteiger partial charge in [0.1, 0.15) is 6.54 Å². The molecule has 1 N–H and O–H groups in total. The molecule has 84 valence electrons. The standard InChI is InChI=1S/C11H10BrNO3/c12-8-3-1-2-7(4-8)9-5-10(14)13(9)6-11(15)16/h1-4,9H,5-6H2,(H,15,16). The van der Waals surface area contributed by atoms with E-state index in [-0.39, 0.29) is 18.5 Å². The van der Waals surface area contributed by atoms with Gasteiger partial charge in [-0.05, 0) is 17.7 Å². The highest BCUT2D eigenvalue weighted by atomic mass is 79.9. The molecule has 0 saturated carbocycles. The Morgan fingerprint density at radius 1 is 1.56 bits per heavy atom. The number of carbonyl (C=O) groups is 2. The summed E-state index contributed by atoms with van der Waals surface area (Å²) in [5.41, 5.74) is 0.968. The minimum Gasteiger partial charge on any atom is -0.480 e. The van der Waals surface area contributed by atoms with Crippen molar-refractivity contribution in [3.05, 3.63) is 34.3 Å². The molecule has 2 rings (SSSR count). The number of carbonyl (C=O) groups excluding carboxylic acids is 1. The Balaban J connectivity index is 2.16. The van der Waals surface area contributed by atoms with E-state index in [9.17, 15) is 9.59 Å². The number of aliphatic carboxylic acids is 1. The maximum Gasteiger partial charge on any atom is 0.323 e. The molecule has 1 aromatic rings. The number of rotatable bonds is 3. The van der Waals surface area contributed by atoms with Gasteiger partial charge in [-0.15, -0.1) is 0 Å². The van der Waals surface area contributed by atoms with Crippen LogP contribution >= 0.6 is 15.9 Å². The summed E-state index contributed by atoms with van der Waals surface area (Å²) in [5.74, 6) is -1.08. The summed E-state index contributed by atoms with van der Waals surface area (Å²) in [7, 11) is 0. The van der Waals surface area contributed by atoms with E-state index in [0.717, 1.165) is 10.0 Å². The Morgan fingerprint density at radius 3 is 2.88 bits per heavy atom. The van der Waals surface area contributed by atoms with Gasteiger partial charge < -0.3 is 10.0 Å².